The van der Waals surface area contributed by atoms with Gasteiger partial charge in [0.2, 0.25) is 0 Å². The molecule has 4 aromatic rings. The van der Waals surface area contributed by atoms with E-state index in [1.165, 1.54) is 0 Å². The number of imidazole rings is 1. The van der Waals surface area contributed by atoms with Gasteiger partial charge >= 0.3 is 0 Å². The van der Waals surface area contributed by atoms with E-state index in [9.17, 15) is 0 Å². The van der Waals surface area contributed by atoms with Gasteiger partial charge in [-0.2, -0.15) is 10.2 Å². The molecule has 0 aliphatic heterocycles. The highest BCUT2D eigenvalue weighted by Gasteiger charge is 2.18. The smallest absolute Gasteiger partial charge is 0.157 e. The van der Waals surface area contributed by atoms with E-state index in [2.05, 4.69) is 42.8 Å². The van der Waals surface area contributed by atoms with Crippen molar-refractivity contribution >= 4 is 11.3 Å². The molecular weight excluding hydrogens is 300 g/mol. The van der Waals surface area contributed by atoms with Gasteiger partial charge in [0.25, 0.3) is 0 Å². The Morgan fingerprint density at radius 3 is 2.58 bits per heavy atom. The van der Waals surface area contributed by atoms with Gasteiger partial charge in [0.15, 0.2) is 11.3 Å². The monoisotopic (exact) mass is 320 g/mol. The van der Waals surface area contributed by atoms with Crippen LogP contribution in [0, 0.1) is 0 Å². The fourth-order valence-corrected chi connectivity index (χ4v) is 3.15. The summed E-state index contributed by atoms with van der Waals surface area (Å²) in [6.07, 6.45) is 7.36. The Labute approximate surface area is 140 Å². The van der Waals surface area contributed by atoms with Crippen molar-refractivity contribution in [2.24, 2.45) is 0 Å². The van der Waals surface area contributed by atoms with Crippen LogP contribution in [0.1, 0.15) is 50.8 Å². The largest absolute Gasteiger partial charge is 0.237 e. The first-order valence-corrected chi connectivity index (χ1v) is 8.23. The van der Waals surface area contributed by atoms with Gasteiger partial charge in [-0.1, -0.05) is 27.7 Å². The molecule has 0 saturated heterocycles. The summed E-state index contributed by atoms with van der Waals surface area (Å²) in [5, 5.41) is 9.29. The highest BCUT2D eigenvalue weighted by atomic mass is 15.3. The third kappa shape index (κ3) is 2.18. The van der Waals surface area contributed by atoms with Crippen LogP contribution in [-0.2, 0) is 0 Å². The molecule has 0 atom stereocenters. The molecule has 0 fully saturated rings. The summed E-state index contributed by atoms with van der Waals surface area (Å²) >= 11 is 0. The van der Waals surface area contributed by atoms with Gasteiger partial charge in [0.05, 0.1) is 11.9 Å². The maximum atomic E-state index is 4.82. The summed E-state index contributed by atoms with van der Waals surface area (Å²) in [5.41, 5.74) is 5.95. The minimum atomic E-state index is 0.315. The fourth-order valence-electron chi connectivity index (χ4n) is 3.15. The quantitative estimate of drug-likeness (QED) is 0.577. The molecule has 0 unspecified atom stereocenters. The van der Waals surface area contributed by atoms with Crippen molar-refractivity contribution in [3.8, 4) is 11.3 Å². The lowest BCUT2D eigenvalue weighted by Crippen LogP contribution is -2.03. The van der Waals surface area contributed by atoms with E-state index >= 15 is 0 Å². The second kappa shape index (κ2) is 5.40. The lowest BCUT2D eigenvalue weighted by atomic mass is 9.98. The minimum absolute atomic E-state index is 0.315. The molecule has 4 heterocycles. The van der Waals surface area contributed by atoms with E-state index in [4.69, 9.17) is 5.10 Å². The third-order valence-electron chi connectivity index (χ3n) is 4.30. The predicted molar refractivity (Wildman–Crippen MR) is 93.1 cm³/mol. The normalized spacial score (nSPS) is 12.1. The molecule has 24 heavy (non-hydrogen) atoms. The lowest BCUT2D eigenvalue weighted by molar-refractivity contribution is 0.750. The first kappa shape index (κ1) is 14.8. The molecule has 4 aromatic heterocycles. The Kier molecular flexibility index (Phi) is 3.33. The van der Waals surface area contributed by atoms with Gasteiger partial charge in [-0.05, 0) is 17.9 Å². The molecular formula is C18H20N6. The summed E-state index contributed by atoms with van der Waals surface area (Å²) in [6, 6.07) is 4.04. The first-order chi connectivity index (χ1) is 11.6. The third-order valence-corrected chi connectivity index (χ3v) is 4.30. The zero-order valence-corrected chi connectivity index (χ0v) is 14.3. The highest BCUT2D eigenvalue weighted by Crippen LogP contribution is 2.31. The van der Waals surface area contributed by atoms with Gasteiger partial charge < -0.3 is 0 Å². The van der Waals surface area contributed by atoms with Crippen LogP contribution >= 0.6 is 0 Å². The van der Waals surface area contributed by atoms with Crippen LogP contribution < -0.4 is 0 Å². The summed E-state index contributed by atoms with van der Waals surface area (Å²) in [7, 11) is 0. The van der Waals surface area contributed by atoms with Crippen LogP contribution in [-0.4, -0.2) is 29.2 Å². The molecule has 0 aliphatic rings. The Balaban J connectivity index is 1.99. The Morgan fingerprint density at radius 1 is 1.00 bits per heavy atom. The molecule has 6 heteroatoms. The Bertz CT molecular complexity index is 1020. The number of hydrogen-bond acceptors (Lipinski definition) is 4. The molecule has 122 valence electrons. The van der Waals surface area contributed by atoms with E-state index in [0.717, 1.165) is 33.8 Å². The van der Waals surface area contributed by atoms with Crippen molar-refractivity contribution < 1.29 is 0 Å². The van der Waals surface area contributed by atoms with Crippen molar-refractivity contribution in [2.45, 2.75) is 39.5 Å². The maximum absolute atomic E-state index is 4.82. The molecule has 0 saturated carbocycles. The topological polar surface area (TPSA) is 60.4 Å². The second-order valence-electron chi connectivity index (χ2n) is 6.65. The zero-order chi connectivity index (χ0) is 16.8. The molecule has 0 bridgehead atoms. The van der Waals surface area contributed by atoms with Gasteiger partial charge in [-0.15, -0.1) is 0 Å². The van der Waals surface area contributed by atoms with Crippen molar-refractivity contribution in [2.75, 3.05) is 0 Å². The fraction of sp³-hybridized carbons (Fsp3) is 0.333. The number of fused-ring (bicyclic) bond motifs is 2. The number of rotatable bonds is 3. The summed E-state index contributed by atoms with van der Waals surface area (Å²) in [4.78, 5) is 8.93. The van der Waals surface area contributed by atoms with Gasteiger partial charge in [0, 0.05) is 41.5 Å². The number of hydrogen-bond donors (Lipinski definition) is 0. The standard InChI is InChI=1S/C18H20N6/c1-11(2)15-5-6-19-16-9-14(22-24(15)16)13-10-21-23-8-7-20-18(23)17(13)12(3)4/h5-12H,1-4H3. The Hall–Kier alpha value is -2.76. The van der Waals surface area contributed by atoms with E-state index in [1.54, 1.807) is 6.20 Å². The van der Waals surface area contributed by atoms with Crippen molar-refractivity contribution in [1.82, 2.24) is 29.2 Å². The maximum Gasteiger partial charge on any atom is 0.157 e. The van der Waals surface area contributed by atoms with E-state index in [-0.39, 0.29) is 0 Å². The average Bonchev–Trinajstić information content (AvgIpc) is 3.18. The van der Waals surface area contributed by atoms with E-state index < -0.39 is 0 Å². The second-order valence-corrected chi connectivity index (χ2v) is 6.65. The number of aromatic nitrogens is 6. The molecule has 0 aromatic carbocycles. The minimum Gasteiger partial charge on any atom is -0.237 e. The van der Waals surface area contributed by atoms with Gasteiger partial charge in [-0.3, -0.25) is 0 Å². The van der Waals surface area contributed by atoms with Crippen LogP contribution in [0.15, 0.2) is 36.9 Å². The van der Waals surface area contributed by atoms with Gasteiger partial charge in [0.1, 0.15) is 0 Å². The van der Waals surface area contributed by atoms with Crippen LogP contribution in [0.4, 0.5) is 0 Å². The molecule has 0 aliphatic carbocycles. The first-order valence-electron chi connectivity index (χ1n) is 8.23. The summed E-state index contributed by atoms with van der Waals surface area (Å²) in [6.45, 7) is 8.66. The van der Waals surface area contributed by atoms with Gasteiger partial charge in [-0.25, -0.2) is 19.0 Å². The molecule has 4 rings (SSSR count). The SMILES string of the molecule is CC(C)c1c(-c2cc3nccc(C(C)C)n3n2)cnn2ccnc12. The van der Waals surface area contributed by atoms with Crippen LogP contribution in [0.5, 0.6) is 0 Å². The van der Waals surface area contributed by atoms with E-state index in [0.29, 0.717) is 11.8 Å². The summed E-state index contributed by atoms with van der Waals surface area (Å²) < 4.78 is 3.74. The van der Waals surface area contributed by atoms with E-state index in [1.807, 2.05) is 39.8 Å². The van der Waals surface area contributed by atoms with Crippen molar-refractivity contribution in [3.05, 3.63) is 48.2 Å². The lowest BCUT2D eigenvalue weighted by Gasteiger charge is -2.11. The Morgan fingerprint density at radius 2 is 1.83 bits per heavy atom. The highest BCUT2D eigenvalue weighted by molar-refractivity contribution is 5.73. The van der Waals surface area contributed by atoms with Crippen molar-refractivity contribution in [1.29, 1.82) is 0 Å². The zero-order valence-electron chi connectivity index (χ0n) is 14.3. The van der Waals surface area contributed by atoms with Crippen LogP contribution in [0.3, 0.4) is 0 Å². The number of nitrogens with zero attached hydrogens (tertiary/aromatic N) is 6. The molecule has 0 spiro atoms. The van der Waals surface area contributed by atoms with Crippen molar-refractivity contribution in [3.63, 3.8) is 0 Å². The summed E-state index contributed by atoms with van der Waals surface area (Å²) in [5.74, 6) is 0.691. The molecule has 0 amide bonds. The average molecular weight is 320 g/mol. The predicted octanol–water partition coefficient (Wildman–Crippen LogP) is 3.69. The molecule has 0 N–H and O–H groups in total. The van der Waals surface area contributed by atoms with Crippen LogP contribution in [0.2, 0.25) is 0 Å². The molecule has 6 nitrogen and oxygen atoms in total. The molecule has 0 radical (unpaired) electrons. The van der Waals surface area contributed by atoms with Crippen LogP contribution in [0.25, 0.3) is 22.6 Å².